The maximum Gasteiger partial charge on any atom is 0.310 e. The summed E-state index contributed by atoms with van der Waals surface area (Å²) in [6, 6.07) is 19.9. The molecule has 0 radical (unpaired) electrons. The molecular formula is C24H24N2O4S. The average Bonchev–Trinajstić information content (AvgIpc) is 3.34. The molecule has 2 aromatic carbocycles. The minimum absolute atomic E-state index is 0.188. The van der Waals surface area contributed by atoms with E-state index in [2.05, 4.69) is 5.32 Å². The van der Waals surface area contributed by atoms with Gasteiger partial charge in [-0.3, -0.25) is 14.4 Å². The largest absolute Gasteiger partial charge is 0.469 e. The van der Waals surface area contributed by atoms with Crippen molar-refractivity contribution in [3.63, 3.8) is 0 Å². The van der Waals surface area contributed by atoms with Crippen LogP contribution in [0.1, 0.15) is 32.5 Å². The van der Waals surface area contributed by atoms with Gasteiger partial charge in [0.25, 0.3) is 11.8 Å². The number of nitrogens with zero attached hydrogens (tertiary/aromatic N) is 1. The van der Waals surface area contributed by atoms with Crippen LogP contribution in [0.2, 0.25) is 0 Å². The van der Waals surface area contributed by atoms with Crippen molar-refractivity contribution in [2.45, 2.75) is 13.5 Å². The van der Waals surface area contributed by atoms with Gasteiger partial charge in [-0.2, -0.15) is 0 Å². The highest BCUT2D eigenvalue weighted by molar-refractivity contribution is 7.12. The van der Waals surface area contributed by atoms with Gasteiger partial charge in [-0.15, -0.1) is 11.3 Å². The first-order chi connectivity index (χ1) is 15.0. The molecule has 0 fully saturated rings. The van der Waals surface area contributed by atoms with Crippen molar-refractivity contribution in [1.82, 2.24) is 4.90 Å². The summed E-state index contributed by atoms with van der Waals surface area (Å²) in [5.74, 6) is -1.21. The summed E-state index contributed by atoms with van der Waals surface area (Å²) in [4.78, 5) is 39.6. The topological polar surface area (TPSA) is 75.7 Å². The average molecular weight is 437 g/mol. The highest BCUT2D eigenvalue weighted by atomic mass is 32.1. The molecule has 0 saturated heterocycles. The normalized spacial score (nSPS) is 11.4. The summed E-state index contributed by atoms with van der Waals surface area (Å²) < 4.78 is 4.82. The molecule has 2 amide bonds. The number of methoxy groups -OCH3 is 1. The third-order valence-electron chi connectivity index (χ3n) is 4.74. The Kier molecular flexibility index (Phi) is 7.56. The van der Waals surface area contributed by atoms with Crippen LogP contribution in [-0.2, 0) is 16.1 Å². The van der Waals surface area contributed by atoms with Gasteiger partial charge in [0, 0.05) is 24.3 Å². The van der Waals surface area contributed by atoms with Crippen LogP contribution in [0.4, 0.5) is 5.69 Å². The Balaban J connectivity index is 1.74. The van der Waals surface area contributed by atoms with Crippen LogP contribution in [0.25, 0.3) is 0 Å². The molecule has 6 nitrogen and oxygen atoms in total. The molecule has 1 N–H and O–H groups in total. The van der Waals surface area contributed by atoms with Crippen molar-refractivity contribution < 1.29 is 19.1 Å². The SMILES string of the molecule is COC(=O)C(C)CN(Cc1ccccc1)C(=O)c1ccc(NC(=O)c2cccs2)cc1. The number of ether oxygens (including phenoxy) is 1. The number of esters is 1. The fourth-order valence-electron chi connectivity index (χ4n) is 3.11. The van der Waals surface area contributed by atoms with Crippen LogP contribution in [-0.4, -0.2) is 36.3 Å². The summed E-state index contributed by atoms with van der Waals surface area (Å²) in [6.45, 7) is 2.34. The summed E-state index contributed by atoms with van der Waals surface area (Å²) in [5.41, 5.74) is 2.04. The minimum atomic E-state index is -0.456. The van der Waals surface area contributed by atoms with Gasteiger partial charge in [0.05, 0.1) is 17.9 Å². The molecule has 1 heterocycles. The van der Waals surface area contributed by atoms with Crippen molar-refractivity contribution >= 4 is 34.8 Å². The second-order valence-electron chi connectivity index (χ2n) is 7.10. The maximum absolute atomic E-state index is 13.2. The zero-order chi connectivity index (χ0) is 22.2. The molecule has 3 rings (SSSR count). The quantitative estimate of drug-likeness (QED) is 0.529. The zero-order valence-electron chi connectivity index (χ0n) is 17.4. The molecule has 0 aliphatic carbocycles. The number of nitrogens with one attached hydrogen (secondary N) is 1. The van der Waals surface area contributed by atoms with Gasteiger partial charge >= 0.3 is 5.97 Å². The molecule has 1 unspecified atom stereocenters. The molecule has 160 valence electrons. The van der Waals surface area contributed by atoms with Crippen molar-refractivity contribution in [3.05, 3.63) is 88.1 Å². The molecule has 1 aromatic heterocycles. The number of anilines is 1. The summed E-state index contributed by atoms with van der Waals surface area (Å²) in [5, 5.41) is 4.66. The molecule has 0 aliphatic heterocycles. The van der Waals surface area contributed by atoms with E-state index in [0.717, 1.165) is 5.56 Å². The smallest absolute Gasteiger partial charge is 0.310 e. The second-order valence-corrected chi connectivity index (χ2v) is 8.05. The molecule has 0 saturated carbocycles. The van der Waals surface area contributed by atoms with E-state index in [4.69, 9.17) is 4.74 Å². The van der Waals surface area contributed by atoms with Crippen LogP contribution in [0.15, 0.2) is 72.1 Å². The number of thiophene rings is 1. The highest BCUT2D eigenvalue weighted by Crippen LogP contribution is 2.17. The zero-order valence-corrected chi connectivity index (χ0v) is 18.2. The van der Waals surface area contributed by atoms with E-state index in [0.29, 0.717) is 22.7 Å². The first-order valence-corrected chi connectivity index (χ1v) is 10.7. The highest BCUT2D eigenvalue weighted by Gasteiger charge is 2.23. The van der Waals surface area contributed by atoms with Gasteiger partial charge in [0.15, 0.2) is 0 Å². The molecule has 1 atom stereocenters. The molecule has 0 aliphatic rings. The standard InChI is InChI=1S/C24H24N2O4S/c1-17(24(29)30-2)15-26(16-18-7-4-3-5-8-18)23(28)19-10-12-20(13-11-19)25-22(27)21-9-6-14-31-21/h3-14,17H,15-16H2,1-2H3,(H,25,27). The van der Waals surface area contributed by atoms with Gasteiger partial charge < -0.3 is 15.0 Å². The molecule has 31 heavy (non-hydrogen) atoms. The monoisotopic (exact) mass is 436 g/mol. The Bertz CT molecular complexity index is 1020. The Morgan fingerprint density at radius 2 is 1.71 bits per heavy atom. The van der Waals surface area contributed by atoms with Crippen molar-refractivity contribution in [3.8, 4) is 0 Å². The lowest BCUT2D eigenvalue weighted by atomic mass is 10.1. The second kappa shape index (κ2) is 10.5. The lowest BCUT2D eigenvalue weighted by Crippen LogP contribution is -2.36. The van der Waals surface area contributed by atoms with E-state index < -0.39 is 5.92 Å². The predicted octanol–water partition coefficient (Wildman–Crippen LogP) is 4.45. The number of benzene rings is 2. The van der Waals surface area contributed by atoms with E-state index >= 15 is 0 Å². The number of carbonyl (C=O) groups is 3. The number of hydrogen-bond acceptors (Lipinski definition) is 5. The fraction of sp³-hybridized carbons (Fsp3) is 0.208. The predicted molar refractivity (Wildman–Crippen MR) is 121 cm³/mol. The molecule has 0 spiro atoms. The molecule has 7 heteroatoms. The first kappa shape index (κ1) is 22.2. The van der Waals surface area contributed by atoms with E-state index in [-0.39, 0.29) is 24.3 Å². The van der Waals surface area contributed by atoms with E-state index in [1.165, 1.54) is 18.4 Å². The van der Waals surface area contributed by atoms with Crippen LogP contribution in [0.5, 0.6) is 0 Å². The van der Waals surface area contributed by atoms with Crippen molar-refractivity contribution in [1.29, 1.82) is 0 Å². The van der Waals surface area contributed by atoms with Gasteiger partial charge in [-0.25, -0.2) is 0 Å². The van der Waals surface area contributed by atoms with Crippen LogP contribution >= 0.6 is 11.3 Å². The lowest BCUT2D eigenvalue weighted by molar-refractivity contribution is -0.145. The van der Waals surface area contributed by atoms with E-state index in [1.807, 2.05) is 41.8 Å². The van der Waals surface area contributed by atoms with Gasteiger partial charge in [-0.05, 0) is 41.3 Å². The van der Waals surface area contributed by atoms with Crippen LogP contribution in [0, 0.1) is 5.92 Å². The van der Waals surface area contributed by atoms with Gasteiger partial charge in [-0.1, -0.05) is 43.3 Å². The molecule has 3 aromatic rings. The summed E-state index contributed by atoms with van der Waals surface area (Å²) in [6.07, 6.45) is 0. The van der Waals surface area contributed by atoms with Crippen LogP contribution in [0.3, 0.4) is 0 Å². The number of amides is 2. The summed E-state index contributed by atoms with van der Waals surface area (Å²) >= 11 is 1.36. The molecular weight excluding hydrogens is 412 g/mol. The Morgan fingerprint density at radius 3 is 2.32 bits per heavy atom. The molecule has 0 bridgehead atoms. The number of hydrogen-bond donors (Lipinski definition) is 1. The Hall–Kier alpha value is -3.45. The summed E-state index contributed by atoms with van der Waals surface area (Å²) in [7, 11) is 1.34. The van der Waals surface area contributed by atoms with Crippen molar-refractivity contribution in [2.75, 3.05) is 19.0 Å². The number of carbonyl (C=O) groups excluding carboxylic acids is 3. The number of rotatable bonds is 8. The first-order valence-electron chi connectivity index (χ1n) is 9.84. The third-order valence-corrected chi connectivity index (χ3v) is 5.60. The van der Waals surface area contributed by atoms with Gasteiger partial charge in [0.2, 0.25) is 0 Å². The maximum atomic E-state index is 13.2. The van der Waals surface area contributed by atoms with E-state index in [1.54, 1.807) is 42.2 Å². The Labute approximate surface area is 185 Å². The fourth-order valence-corrected chi connectivity index (χ4v) is 3.73. The van der Waals surface area contributed by atoms with Gasteiger partial charge in [0.1, 0.15) is 0 Å². The Morgan fingerprint density at radius 1 is 1.00 bits per heavy atom. The van der Waals surface area contributed by atoms with E-state index in [9.17, 15) is 14.4 Å². The van der Waals surface area contributed by atoms with Crippen LogP contribution < -0.4 is 5.32 Å². The van der Waals surface area contributed by atoms with Crippen molar-refractivity contribution in [2.24, 2.45) is 5.92 Å². The minimum Gasteiger partial charge on any atom is -0.469 e. The third kappa shape index (κ3) is 6.02. The lowest BCUT2D eigenvalue weighted by Gasteiger charge is -2.25.